The maximum atomic E-state index is 16.0. The number of aromatic amines is 3. The Labute approximate surface area is 801 Å². The van der Waals surface area contributed by atoms with E-state index < -0.39 is 238 Å². The van der Waals surface area contributed by atoms with Crippen molar-refractivity contribution in [2.75, 3.05) is 74.0 Å². The van der Waals surface area contributed by atoms with Crippen molar-refractivity contribution in [1.29, 1.82) is 0 Å². The highest BCUT2D eigenvalue weighted by Gasteiger charge is 2.68. The van der Waals surface area contributed by atoms with E-state index in [1.165, 1.54) is 69.5 Å². The van der Waals surface area contributed by atoms with Gasteiger partial charge in [0.25, 0.3) is 16.7 Å². The van der Waals surface area contributed by atoms with Crippen molar-refractivity contribution in [3.63, 3.8) is 0 Å². The number of ether oxygens (including phenoxy) is 3. The van der Waals surface area contributed by atoms with Gasteiger partial charge in [-0.05, 0) is 77.2 Å². The molecule has 0 aromatic carbocycles. The monoisotopic (exact) mass is 2230 g/mol. The van der Waals surface area contributed by atoms with Crippen molar-refractivity contribution in [3.8, 4) is 0 Å². The van der Waals surface area contributed by atoms with Crippen LogP contribution in [-0.2, 0) is 132 Å². The van der Waals surface area contributed by atoms with Crippen molar-refractivity contribution in [3.05, 3.63) is 86.8 Å². The van der Waals surface area contributed by atoms with Crippen LogP contribution < -0.4 is 51.1 Å². The molecule has 9 fully saturated rings. The number of anilines is 6. The number of hydrogen-bond acceptors (Lipinski definition) is 48. The fraction of sp³-hybridized carbons (Fsp3) is 0.500. The highest BCUT2D eigenvalue weighted by atomic mass is 32.7. The van der Waals surface area contributed by atoms with Gasteiger partial charge in [0.05, 0.1) is 91.4 Å². The zero-order chi connectivity index (χ0) is 98.3. The van der Waals surface area contributed by atoms with Crippen molar-refractivity contribution in [2.24, 2.45) is 0 Å². The molecule has 6 unspecified atom stereocenters. The number of hydrogen-bond donors (Lipinski definition) is 15. The number of rotatable bonds is 6. The molecule has 0 saturated carbocycles. The molecule has 9 saturated heterocycles. The molecule has 0 radical (unpaired) electrons. The molecule has 54 nitrogen and oxygen atoms in total. The number of nitrogens with zero attached hydrogens (tertiary/aromatic N) is 21. The van der Waals surface area contributed by atoms with E-state index in [4.69, 9.17) is 162 Å². The molecule has 138 heavy (non-hydrogen) atoms. The second kappa shape index (κ2) is 36.9. The van der Waals surface area contributed by atoms with Gasteiger partial charge in [-0.1, -0.05) is 27.9 Å². The summed E-state index contributed by atoms with van der Waals surface area (Å²) in [7, 11) is 0. The topological polar surface area (TPSA) is 734 Å². The van der Waals surface area contributed by atoms with E-state index in [1.54, 1.807) is 0 Å². The van der Waals surface area contributed by atoms with Gasteiger partial charge in [-0.25, -0.2) is 47.6 Å². The van der Waals surface area contributed by atoms with Gasteiger partial charge in [0.1, 0.15) is 71.3 Å². The zero-order valence-electron chi connectivity index (χ0n) is 67.7. The highest BCUT2D eigenvalue weighted by molar-refractivity contribution is 8.44. The highest BCUT2D eigenvalue weighted by Crippen LogP contribution is 2.65. The van der Waals surface area contributed by atoms with Crippen LogP contribution in [0.3, 0.4) is 0 Å². The Balaban J connectivity index is 0.000000132. The van der Waals surface area contributed by atoms with Gasteiger partial charge in [0.15, 0.2) is 85.3 Å². The first kappa shape index (κ1) is 99.7. The van der Waals surface area contributed by atoms with Gasteiger partial charge in [-0.15, -0.1) is 50.6 Å². The third-order valence-electron chi connectivity index (χ3n) is 21.8. The summed E-state index contributed by atoms with van der Waals surface area (Å²) in [4.78, 5) is 135. The Bertz CT molecular complexity index is 6680. The van der Waals surface area contributed by atoms with Gasteiger partial charge < -0.3 is 95.7 Å². The van der Waals surface area contributed by atoms with Crippen LogP contribution >= 0.6 is 87.9 Å². The molecule has 9 aliphatic rings. The van der Waals surface area contributed by atoms with Crippen LogP contribution in [-0.4, -0.2) is 290 Å². The molecule has 20 N–H and O–H groups in total. The van der Waals surface area contributed by atoms with Gasteiger partial charge in [-0.2, -0.15) is 55.3 Å². The molecule has 78 heteroatoms. The number of halogens is 9. The van der Waals surface area contributed by atoms with E-state index in [0.717, 1.165) is 35.3 Å². The lowest BCUT2D eigenvalue weighted by Crippen LogP contribution is -2.41. The molecular weight excluding hydrogens is 2170 g/mol. The lowest BCUT2D eigenvalue weighted by atomic mass is 10.1. The summed E-state index contributed by atoms with van der Waals surface area (Å²) in [6, 6.07) is 4.19. The number of pyridine rings is 3. The standard InChI is InChI=1S/3C20H21F3N10O8P2S3/c3*21-9-8-4-38-43(36,45)41-13-7(39-18(20(13,22)23)33-14-10(30-31-33)6(24)1-2-26-14)3-37-42(35,44)40-12(9)17(46-8)32-5-27-11-15(32)28-19(25)29-16(11)34/h3*1-2,5,7-9,12-13,17-18H,3-4H2,(H2,24,26)(H,35,44)(H,36,45)(H3,25,28,29,34)/t3*7-,8-,9+,12-,13-,17-,18-,42?,43?/m111/s1. The number of nitrogens with one attached hydrogen (secondary N) is 3. The van der Waals surface area contributed by atoms with Crippen LogP contribution in [0.15, 0.2) is 70.2 Å². The number of H-pyrrole nitrogens is 3. The summed E-state index contributed by atoms with van der Waals surface area (Å²) >= 11 is 32.0. The molecule has 6 bridgehead atoms. The number of alkyl halides is 9. The SMILES string of the molecule is Nc1nc2c(ncn2[C@@H]2S[C@@H]3COP(=O)(S)O[C@@H]4[C@@H](COP(O)(=S)O[C@@H]2[C@H]3F)O[C@@H](n2nnc3c(N)ccnc32)C4(F)F)c(=O)[nH]1.Nc1nc2c(ncn2[C@@H]2S[C@@H]3COP(O)(=S)O[C@@H]4[C@@H](COP(O)(=S)O[C@@H]2[C@H]3F)O[C@@H](n2nnc3c(N)ccnc32)C4(F)F)c(=O)[nH]1.Nc1nc2c(ncn2[C@@H]2S[C@@H]3COP(O)(=S)O[C@@H]4[C@@H](COP(O)(=S)O[C@@H]2[C@H]3F)O[C@@H](n2nnc3c(N)ccnc32)C4(F)F)c(=O)[nH]1. The maximum Gasteiger partial charge on any atom is 0.386 e. The summed E-state index contributed by atoms with van der Waals surface area (Å²) in [5.74, 6) is -12.7. The predicted octanol–water partition coefficient (Wildman–Crippen LogP) is 3.40. The summed E-state index contributed by atoms with van der Waals surface area (Å²) in [6.45, 7) is -31.8. The summed E-state index contributed by atoms with van der Waals surface area (Å²) < 4.78 is 245. The minimum atomic E-state index is -4.68. The third kappa shape index (κ3) is 18.8. The lowest BCUT2D eigenvalue weighted by Gasteiger charge is -2.28. The molecule has 9 aliphatic heterocycles. The van der Waals surface area contributed by atoms with E-state index in [1.807, 2.05) is 0 Å². The van der Waals surface area contributed by atoms with Gasteiger partial charge in [0, 0.05) is 18.6 Å². The second-order valence-corrected chi connectivity index (χ2v) is 51.6. The zero-order valence-corrected chi connectivity index (χ0v) is 80.5. The molecule has 21 heterocycles. The van der Waals surface area contributed by atoms with Gasteiger partial charge in [0.2, 0.25) is 36.5 Å². The number of fused-ring (bicyclic) bond motifs is 15. The molecule has 21 rings (SSSR count). The Morgan fingerprint density at radius 1 is 0.399 bits per heavy atom. The fourth-order valence-electron chi connectivity index (χ4n) is 15.6. The van der Waals surface area contributed by atoms with E-state index in [2.05, 4.69) is 103 Å². The Morgan fingerprint density at radius 2 is 0.667 bits per heavy atom. The van der Waals surface area contributed by atoms with Crippen LogP contribution in [0.2, 0.25) is 0 Å². The van der Waals surface area contributed by atoms with E-state index in [9.17, 15) is 43.4 Å². The van der Waals surface area contributed by atoms with E-state index >= 15 is 39.5 Å². The first-order valence-electron chi connectivity index (χ1n) is 38.9. The molecule has 27 atom stereocenters. The minimum absolute atomic E-state index is 0.0140. The first-order valence-corrected chi connectivity index (χ1v) is 57.4. The second-order valence-electron chi connectivity index (χ2n) is 30.7. The van der Waals surface area contributed by atoms with Gasteiger partial charge in [-0.3, -0.25) is 74.7 Å². The van der Waals surface area contributed by atoms with Crippen molar-refractivity contribution in [2.45, 2.75) is 142 Å². The molecule has 0 aliphatic carbocycles. The lowest BCUT2D eigenvalue weighted by molar-refractivity contribution is -0.140. The van der Waals surface area contributed by atoms with Crippen molar-refractivity contribution < 1.29 is 137 Å². The quantitative estimate of drug-likeness (QED) is 0.0644. The minimum Gasteiger partial charge on any atom is -0.397 e. The van der Waals surface area contributed by atoms with Crippen LogP contribution in [0.5, 0.6) is 0 Å². The summed E-state index contributed by atoms with van der Waals surface area (Å²) in [6.07, 6.45) is -22.4. The van der Waals surface area contributed by atoms with E-state index in [0.29, 0.717) is 14.0 Å². The smallest absolute Gasteiger partial charge is 0.386 e. The van der Waals surface area contributed by atoms with Crippen LogP contribution in [0.25, 0.3) is 67.0 Å². The van der Waals surface area contributed by atoms with Crippen LogP contribution in [0, 0.1) is 0 Å². The number of nitrogens with two attached hydrogens (primary N) is 6. The normalized spacial score (nSPS) is 36.7. The molecule has 0 spiro atoms. The Morgan fingerprint density at radius 3 is 0.964 bits per heavy atom. The maximum absolute atomic E-state index is 16.0. The number of aromatic nitrogens is 24. The van der Waals surface area contributed by atoms with Crippen LogP contribution in [0.1, 0.15) is 34.8 Å². The Hall–Kier alpha value is -7.05. The first-order chi connectivity index (χ1) is 64.9. The fourth-order valence-corrected chi connectivity index (χ4v) is 29.1. The largest absolute Gasteiger partial charge is 0.397 e. The summed E-state index contributed by atoms with van der Waals surface area (Å²) in [5, 5.41) is 15.6. The molecule has 0 amide bonds. The number of nitrogen functional groups attached to an aromatic ring is 6. The average molecular weight is 2230 g/mol. The van der Waals surface area contributed by atoms with Crippen molar-refractivity contribution in [1.82, 2.24) is 118 Å². The molecular formula is C60H63F9N30O24P6S9. The van der Waals surface area contributed by atoms with E-state index in [-0.39, 0.29) is 102 Å². The number of imidazole rings is 3. The average Bonchev–Trinajstić information content (AvgIpc) is 1.59. The van der Waals surface area contributed by atoms with Crippen LogP contribution in [0.4, 0.5) is 74.4 Å². The number of thioether (sulfide) groups is 3. The summed E-state index contributed by atoms with van der Waals surface area (Å²) in [5.41, 5.74) is 32.2. The van der Waals surface area contributed by atoms with Crippen molar-refractivity contribution >= 4 is 249 Å². The Kier molecular flexibility index (Phi) is 26.7. The molecule has 744 valence electrons. The molecule has 12 aromatic heterocycles. The van der Waals surface area contributed by atoms with Gasteiger partial charge >= 0.3 is 58.2 Å². The third-order valence-corrected chi connectivity index (χ3v) is 35.7. The predicted molar refractivity (Wildman–Crippen MR) is 483 cm³/mol. The number of thiol groups is 1. The molecule has 12 aromatic rings.